The Morgan fingerprint density at radius 2 is 2.06 bits per heavy atom. The van der Waals surface area contributed by atoms with Gasteiger partial charge in [0.2, 0.25) is 0 Å². The molecule has 0 saturated carbocycles. The van der Waals surface area contributed by atoms with Gasteiger partial charge in [0.05, 0.1) is 0 Å². The quantitative estimate of drug-likeness (QED) is 0.866. The molecule has 4 nitrogen and oxygen atoms in total. The number of fused-ring (bicyclic) bond motifs is 1. The van der Waals surface area contributed by atoms with Crippen LogP contribution in [-0.4, -0.2) is 41.0 Å². The molecule has 0 amide bonds. The molecule has 1 N–H and O–H groups in total. The van der Waals surface area contributed by atoms with Gasteiger partial charge in [-0.1, -0.05) is 0 Å². The molecule has 1 heterocycles. The molecule has 0 spiro atoms. The SMILES string of the molecule is CC(C)N(C)CCNc1ncnc2c1CCCC2. The smallest absolute Gasteiger partial charge is 0.132 e. The third-order valence-corrected chi connectivity index (χ3v) is 3.76. The summed E-state index contributed by atoms with van der Waals surface area (Å²) in [5.41, 5.74) is 2.59. The van der Waals surface area contributed by atoms with Gasteiger partial charge < -0.3 is 10.2 Å². The Labute approximate surface area is 110 Å². The Hall–Kier alpha value is -1.16. The first-order chi connectivity index (χ1) is 8.68. The van der Waals surface area contributed by atoms with Crippen molar-refractivity contribution >= 4 is 5.82 Å². The summed E-state index contributed by atoms with van der Waals surface area (Å²) < 4.78 is 0. The van der Waals surface area contributed by atoms with Gasteiger partial charge in [0, 0.05) is 30.4 Å². The van der Waals surface area contributed by atoms with Crippen LogP contribution in [0.1, 0.15) is 37.9 Å². The number of nitrogens with zero attached hydrogens (tertiary/aromatic N) is 3. The lowest BCUT2D eigenvalue weighted by molar-refractivity contribution is 0.284. The van der Waals surface area contributed by atoms with Crippen LogP contribution in [-0.2, 0) is 12.8 Å². The highest BCUT2D eigenvalue weighted by Crippen LogP contribution is 2.24. The Kier molecular flexibility index (Phi) is 4.53. The lowest BCUT2D eigenvalue weighted by Crippen LogP contribution is -2.31. The second kappa shape index (κ2) is 6.14. The van der Waals surface area contributed by atoms with Crippen LogP contribution in [0.3, 0.4) is 0 Å². The molecule has 0 bridgehead atoms. The van der Waals surface area contributed by atoms with E-state index in [9.17, 15) is 0 Å². The van der Waals surface area contributed by atoms with Crippen LogP contribution < -0.4 is 5.32 Å². The van der Waals surface area contributed by atoms with Crippen LogP contribution in [0.15, 0.2) is 6.33 Å². The maximum atomic E-state index is 4.39. The van der Waals surface area contributed by atoms with Crippen molar-refractivity contribution in [2.24, 2.45) is 0 Å². The van der Waals surface area contributed by atoms with Crippen LogP contribution in [0.25, 0.3) is 0 Å². The molecule has 1 aromatic rings. The zero-order valence-electron chi connectivity index (χ0n) is 11.7. The predicted molar refractivity (Wildman–Crippen MR) is 74.9 cm³/mol. The van der Waals surface area contributed by atoms with Gasteiger partial charge >= 0.3 is 0 Å². The third-order valence-electron chi connectivity index (χ3n) is 3.76. The van der Waals surface area contributed by atoms with E-state index in [0.29, 0.717) is 6.04 Å². The van der Waals surface area contributed by atoms with Crippen molar-refractivity contribution in [2.75, 3.05) is 25.5 Å². The monoisotopic (exact) mass is 248 g/mol. The summed E-state index contributed by atoms with van der Waals surface area (Å²) in [5.74, 6) is 1.05. The lowest BCUT2D eigenvalue weighted by atomic mass is 9.96. The first-order valence-electron chi connectivity index (χ1n) is 6.95. The van der Waals surface area contributed by atoms with Gasteiger partial charge in [-0.05, 0) is 46.6 Å². The second-order valence-electron chi connectivity index (χ2n) is 5.36. The Balaban J connectivity index is 1.93. The second-order valence-corrected chi connectivity index (χ2v) is 5.36. The predicted octanol–water partition coefficient (Wildman–Crippen LogP) is 2.11. The molecule has 1 aliphatic carbocycles. The average molecular weight is 248 g/mol. The molecule has 1 aromatic heterocycles. The van der Waals surface area contributed by atoms with Crippen LogP contribution in [0.2, 0.25) is 0 Å². The molecule has 0 aliphatic heterocycles. The summed E-state index contributed by atoms with van der Waals surface area (Å²) in [6, 6.07) is 0.589. The highest BCUT2D eigenvalue weighted by Gasteiger charge is 2.15. The maximum Gasteiger partial charge on any atom is 0.132 e. The van der Waals surface area contributed by atoms with E-state index in [1.807, 2.05) is 0 Å². The van der Waals surface area contributed by atoms with Crippen LogP contribution in [0.5, 0.6) is 0 Å². The van der Waals surface area contributed by atoms with Crippen molar-refractivity contribution in [3.05, 3.63) is 17.6 Å². The highest BCUT2D eigenvalue weighted by molar-refractivity contribution is 5.46. The minimum Gasteiger partial charge on any atom is -0.368 e. The normalized spacial score (nSPS) is 14.9. The van der Waals surface area contributed by atoms with Crippen LogP contribution >= 0.6 is 0 Å². The largest absolute Gasteiger partial charge is 0.368 e. The molecule has 0 saturated heterocycles. The Morgan fingerprint density at radius 1 is 1.28 bits per heavy atom. The van der Waals surface area contributed by atoms with Gasteiger partial charge in [-0.15, -0.1) is 0 Å². The van der Waals surface area contributed by atoms with E-state index >= 15 is 0 Å². The topological polar surface area (TPSA) is 41.0 Å². The third kappa shape index (κ3) is 3.19. The average Bonchev–Trinajstić information content (AvgIpc) is 2.38. The lowest BCUT2D eigenvalue weighted by Gasteiger charge is -2.22. The number of anilines is 1. The van der Waals surface area contributed by atoms with Gasteiger partial charge in [0.15, 0.2) is 0 Å². The van der Waals surface area contributed by atoms with Crippen LogP contribution in [0.4, 0.5) is 5.82 Å². The molecule has 0 fully saturated rings. The zero-order valence-corrected chi connectivity index (χ0v) is 11.7. The number of aryl methyl sites for hydroxylation is 1. The maximum absolute atomic E-state index is 4.39. The molecule has 0 atom stereocenters. The van der Waals surface area contributed by atoms with E-state index in [1.165, 1.54) is 24.1 Å². The summed E-state index contributed by atoms with van der Waals surface area (Å²) in [6.45, 7) is 6.41. The summed E-state index contributed by atoms with van der Waals surface area (Å²) in [7, 11) is 2.15. The Bertz CT molecular complexity index is 389. The molecule has 0 unspecified atom stereocenters. The number of aromatic nitrogens is 2. The molecule has 0 aromatic carbocycles. The van der Waals surface area contributed by atoms with Gasteiger partial charge in [-0.2, -0.15) is 0 Å². The zero-order chi connectivity index (χ0) is 13.0. The standard InChI is InChI=1S/C14H24N4/c1-11(2)18(3)9-8-15-14-12-6-4-5-7-13(12)16-10-17-14/h10-11H,4-9H2,1-3H3,(H,15,16,17). The first kappa shape index (κ1) is 13.3. The highest BCUT2D eigenvalue weighted by atomic mass is 15.1. The van der Waals surface area contributed by atoms with Gasteiger partial charge in [0.25, 0.3) is 0 Å². The molecule has 18 heavy (non-hydrogen) atoms. The number of likely N-dealkylation sites (N-methyl/N-ethyl adjacent to an activating group) is 1. The van der Waals surface area contributed by atoms with Crippen molar-refractivity contribution in [1.82, 2.24) is 14.9 Å². The van der Waals surface area contributed by atoms with Crippen molar-refractivity contribution in [1.29, 1.82) is 0 Å². The van der Waals surface area contributed by atoms with E-state index in [4.69, 9.17) is 0 Å². The minimum absolute atomic E-state index is 0.589. The number of rotatable bonds is 5. The molecule has 100 valence electrons. The molecular weight excluding hydrogens is 224 g/mol. The van der Waals surface area contributed by atoms with E-state index in [0.717, 1.165) is 31.7 Å². The number of nitrogens with one attached hydrogen (secondary N) is 1. The summed E-state index contributed by atoms with van der Waals surface area (Å²) in [4.78, 5) is 11.1. The van der Waals surface area contributed by atoms with E-state index in [2.05, 4.69) is 41.1 Å². The van der Waals surface area contributed by atoms with Crippen LogP contribution in [0, 0.1) is 0 Å². The van der Waals surface area contributed by atoms with Gasteiger partial charge in [-0.3, -0.25) is 0 Å². The van der Waals surface area contributed by atoms with Crippen molar-refractivity contribution < 1.29 is 0 Å². The molecule has 4 heteroatoms. The Morgan fingerprint density at radius 3 is 2.83 bits per heavy atom. The number of hydrogen-bond donors (Lipinski definition) is 1. The molecule has 0 radical (unpaired) electrons. The number of hydrogen-bond acceptors (Lipinski definition) is 4. The van der Waals surface area contributed by atoms with Crippen molar-refractivity contribution in [3.63, 3.8) is 0 Å². The summed E-state index contributed by atoms with van der Waals surface area (Å²) >= 11 is 0. The first-order valence-corrected chi connectivity index (χ1v) is 6.95. The van der Waals surface area contributed by atoms with E-state index < -0.39 is 0 Å². The summed E-state index contributed by atoms with van der Waals surface area (Å²) in [6.07, 6.45) is 6.45. The van der Waals surface area contributed by atoms with Crippen molar-refractivity contribution in [3.8, 4) is 0 Å². The van der Waals surface area contributed by atoms with E-state index in [-0.39, 0.29) is 0 Å². The van der Waals surface area contributed by atoms with Crippen molar-refractivity contribution in [2.45, 2.75) is 45.6 Å². The minimum atomic E-state index is 0.589. The molecule has 1 aliphatic rings. The van der Waals surface area contributed by atoms with Gasteiger partial charge in [-0.25, -0.2) is 9.97 Å². The fraction of sp³-hybridized carbons (Fsp3) is 0.714. The molecular formula is C14H24N4. The molecule has 2 rings (SSSR count). The fourth-order valence-corrected chi connectivity index (χ4v) is 2.28. The van der Waals surface area contributed by atoms with E-state index in [1.54, 1.807) is 6.33 Å². The van der Waals surface area contributed by atoms with Gasteiger partial charge in [0.1, 0.15) is 12.1 Å². The summed E-state index contributed by atoms with van der Waals surface area (Å²) in [5, 5.41) is 3.47. The fourth-order valence-electron chi connectivity index (χ4n) is 2.28.